The summed E-state index contributed by atoms with van der Waals surface area (Å²) in [6, 6.07) is 4.75. The molecule has 0 amide bonds. The summed E-state index contributed by atoms with van der Waals surface area (Å²) in [5.41, 5.74) is 1.05. The zero-order valence-corrected chi connectivity index (χ0v) is 11.0. The highest BCUT2D eigenvalue weighted by Crippen LogP contribution is 2.38. The zero-order chi connectivity index (χ0) is 14.1. The summed E-state index contributed by atoms with van der Waals surface area (Å²) in [7, 11) is 0. The van der Waals surface area contributed by atoms with Crippen molar-refractivity contribution in [2.45, 2.75) is 32.3 Å². The normalized spacial score (nSPS) is 14.2. The van der Waals surface area contributed by atoms with Crippen LogP contribution in [0.25, 0.3) is 0 Å². The number of hydrogen-bond acceptors (Lipinski definition) is 5. The molecular formula is C14H14N2O4. The molecule has 1 N–H and O–H groups in total. The Hall–Kier alpha value is -2.37. The fourth-order valence-electron chi connectivity index (χ4n) is 1.86. The number of rotatable bonds is 5. The Labute approximate surface area is 115 Å². The first-order chi connectivity index (χ1) is 9.63. The first kappa shape index (κ1) is 12.7. The molecule has 6 heteroatoms. The Kier molecular flexibility index (Phi) is 3.14. The molecule has 0 saturated heterocycles. The Balaban J connectivity index is 1.70. The van der Waals surface area contributed by atoms with Gasteiger partial charge in [0, 0.05) is 5.92 Å². The molecule has 104 valence electrons. The number of ether oxygens (including phenoxy) is 1. The van der Waals surface area contributed by atoms with E-state index in [-0.39, 0.29) is 12.2 Å². The molecule has 1 saturated carbocycles. The van der Waals surface area contributed by atoms with Crippen LogP contribution in [0.3, 0.4) is 0 Å². The van der Waals surface area contributed by atoms with E-state index < -0.39 is 5.97 Å². The molecule has 0 unspecified atom stereocenters. The number of nitrogens with zero attached hydrogens (tertiary/aromatic N) is 2. The van der Waals surface area contributed by atoms with Gasteiger partial charge in [-0.2, -0.15) is 4.98 Å². The van der Waals surface area contributed by atoms with E-state index in [0.29, 0.717) is 17.6 Å². The molecule has 1 fully saturated rings. The monoisotopic (exact) mass is 274 g/mol. The van der Waals surface area contributed by atoms with Gasteiger partial charge in [-0.25, -0.2) is 4.79 Å². The molecule has 1 aromatic heterocycles. The van der Waals surface area contributed by atoms with Crippen molar-refractivity contribution in [3.05, 3.63) is 41.0 Å². The minimum Gasteiger partial charge on any atom is -0.483 e. The molecule has 3 rings (SSSR count). The third kappa shape index (κ3) is 2.64. The summed E-state index contributed by atoms with van der Waals surface area (Å²) in [5.74, 6) is 1.11. The summed E-state index contributed by atoms with van der Waals surface area (Å²) in [5, 5.41) is 12.9. The van der Waals surface area contributed by atoms with E-state index in [1.165, 1.54) is 6.07 Å². The van der Waals surface area contributed by atoms with Gasteiger partial charge in [0.05, 0.1) is 5.56 Å². The second-order valence-corrected chi connectivity index (χ2v) is 4.89. The quantitative estimate of drug-likeness (QED) is 0.901. The van der Waals surface area contributed by atoms with Gasteiger partial charge >= 0.3 is 5.97 Å². The molecule has 1 heterocycles. The highest BCUT2D eigenvalue weighted by atomic mass is 16.5. The fourth-order valence-corrected chi connectivity index (χ4v) is 1.86. The zero-order valence-electron chi connectivity index (χ0n) is 11.0. The predicted octanol–water partition coefficient (Wildman–Crippen LogP) is 2.53. The van der Waals surface area contributed by atoms with E-state index in [0.717, 1.165) is 24.2 Å². The van der Waals surface area contributed by atoms with Crippen LogP contribution in [-0.4, -0.2) is 21.2 Å². The lowest BCUT2D eigenvalue weighted by molar-refractivity contribution is 0.0696. The number of benzene rings is 1. The number of carboxylic acid groups (broad SMARTS) is 1. The van der Waals surface area contributed by atoms with Crippen molar-refractivity contribution in [3.8, 4) is 5.75 Å². The van der Waals surface area contributed by atoms with Crippen molar-refractivity contribution < 1.29 is 19.2 Å². The van der Waals surface area contributed by atoms with Gasteiger partial charge in [-0.15, -0.1) is 0 Å². The molecule has 1 aliphatic carbocycles. The maximum Gasteiger partial charge on any atom is 0.335 e. The van der Waals surface area contributed by atoms with Crippen LogP contribution in [0.1, 0.15) is 46.4 Å². The molecule has 0 atom stereocenters. The van der Waals surface area contributed by atoms with Crippen LogP contribution in [0, 0.1) is 6.92 Å². The third-order valence-corrected chi connectivity index (χ3v) is 3.21. The van der Waals surface area contributed by atoms with E-state index in [2.05, 4.69) is 10.1 Å². The van der Waals surface area contributed by atoms with Crippen LogP contribution in [0.2, 0.25) is 0 Å². The predicted molar refractivity (Wildman–Crippen MR) is 68.7 cm³/mol. The molecular weight excluding hydrogens is 260 g/mol. The minimum atomic E-state index is -0.983. The number of aryl methyl sites for hydroxylation is 1. The Morgan fingerprint density at radius 2 is 2.30 bits per heavy atom. The van der Waals surface area contributed by atoms with Gasteiger partial charge in [0.2, 0.25) is 0 Å². The lowest BCUT2D eigenvalue weighted by atomic mass is 10.1. The SMILES string of the molecule is Cc1ccc(C(=O)O)cc1OCc1nc(C2CC2)no1. The van der Waals surface area contributed by atoms with Crippen molar-refractivity contribution in [1.29, 1.82) is 0 Å². The molecule has 1 aliphatic rings. The first-order valence-electron chi connectivity index (χ1n) is 6.42. The number of aromatic carboxylic acids is 1. The Morgan fingerprint density at radius 1 is 1.50 bits per heavy atom. The van der Waals surface area contributed by atoms with Crippen molar-refractivity contribution in [1.82, 2.24) is 10.1 Å². The second-order valence-electron chi connectivity index (χ2n) is 4.89. The van der Waals surface area contributed by atoms with Crippen LogP contribution < -0.4 is 4.74 Å². The average Bonchev–Trinajstić information content (AvgIpc) is 3.17. The average molecular weight is 274 g/mol. The smallest absolute Gasteiger partial charge is 0.335 e. The largest absolute Gasteiger partial charge is 0.483 e. The minimum absolute atomic E-state index is 0.142. The number of aromatic nitrogens is 2. The molecule has 20 heavy (non-hydrogen) atoms. The summed E-state index contributed by atoms with van der Waals surface area (Å²) in [6.07, 6.45) is 2.22. The van der Waals surface area contributed by atoms with Gasteiger partial charge in [0.25, 0.3) is 5.89 Å². The van der Waals surface area contributed by atoms with Crippen molar-refractivity contribution in [3.63, 3.8) is 0 Å². The van der Waals surface area contributed by atoms with Crippen molar-refractivity contribution in [2.24, 2.45) is 0 Å². The second kappa shape index (κ2) is 4.96. The van der Waals surface area contributed by atoms with E-state index in [9.17, 15) is 4.79 Å². The van der Waals surface area contributed by atoms with Gasteiger partial charge in [0.15, 0.2) is 12.4 Å². The van der Waals surface area contributed by atoms with Crippen LogP contribution >= 0.6 is 0 Å². The molecule has 0 bridgehead atoms. The van der Waals surface area contributed by atoms with Gasteiger partial charge in [-0.1, -0.05) is 11.2 Å². The molecule has 0 aliphatic heterocycles. The van der Waals surface area contributed by atoms with Gasteiger partial charge in [0.1, 0.15) is 5.75 Å². The van der Waals surface area contributed by atoms with Gasteiger partial charge in [-0.3, -0.25) is 0 Å². The maximum atomic E-state index is 10.9. The first-order valence-corrected chi connectivity index (χ1v) is 6.42. The molecule has 2 aromatic rings. The molecule has 0 radical (unpaired) electrons. The number of carboxylic acids is 1. The van der Waals surface area contributed by atoms with E-state index in [1.54, 1.807) is 12.1 Å². The van der Waals surface area contributed by atoms with E-state index in [1.807, 2.05) is 6.92 Å². The third-order valence-electron chi connectivity index (χ3n) is 3.21. The van der Waals surface area contributed by atoms with Crippen molar-refractivity contribution in [2.75, 3.05) is 0 Å². The number of carbonyl (C=O) groups is 1. The summed E-state index contributed by atoms with van der Waals surface area (Å²) < 4.78 is 10.7. The topological polar surface area (TPSA) is 85.5 Å². The number of hydrogen-bond donors (Lipinski definition) is 1. The van der Waals surface area contributed by atoms with E-state index >= 15 is 0 Å². The molecule has 6 nitrogen and oxygen atoms in total. The van der Waals surface area contributed by atoms with E-state index in [4.69, 9.17) is 14.4 Å². The van der Waals surface area contributed by atoms with Crippen LogP contribution in [-0.2, 0) is 6.61 Å². The van der Waals surface area contributed by atoms with Gasteiger partial charge < -0.3 is 14.4 Å². The summed E-state index contributed by atoms with van der Waals surface area (Å²) in [6.45, 7) is 1.99. The maximum absolute atomic E-state index is 10.9. The summed E-state index contributed by atoms with van der Waals surface area (Å²) >= 11 is 0. The Morgan fingerprint density at radius 3 is 3.00 bits per heavy atom. The van der Waals surface area contributed by atoms with Crippen LogP contribution in [0.15, 0.2) is 22.7 Å². The standard InChI is InChI=1S/C14H14N2O4/c1-8-2-3-10(14(17)18)6-11(8)19-7-12-15-13(16-20-12)9-4-5-9/h2-3,6,9H,4-5,7H2,1H3,(H,17,18). The van der Waals surface area contributed by atoms with Crippen molar-refractivity contribution >= 4 is 5.97 Å². The highest BCUT2D eigenvalue weighted by molar-refractivity contribution is 5.88. The summed E-state index contributed by atoms with van der Waals surface area (Å²) in [4.78, 5) is 15.2. The lowest BCUT2D eigenvalue weighted by Gasteiger charge is -2.07. The fraction of sp³-hybridized carbons (Fsp3) is 0.357. The molecule has 1 aromatic carbocycles. The van der Waals surface area contributed by atoms with Crippen LogP contribution in [0.4, 0.5) is 0 Å². The molecule has 0 spiro atoms. The lowest BCUT2D eigenvalue weighted by Crippen LogP contribution is -2.01. The van der Waals surface area contributed by atoms with Gasteiger partial charge in [-0.05, 0) is 37.5 Å². The Bertz CT molecular complexity index is 646. The van der Waals surface area contributed by atoms with Crippen LogP contribution in [0.5, 0.6) is 5.75 Å². The highest BCUT2D eigenvalue weighted by Gasteiger charge is 2.28.